The maximum atomic E-state index is 10.3. The molecule has 0 spiro atoms. The lowest BCUT2D eigenvalue weighted by Crippen LogP contribution is -2.35. The van der Waals surface area contributed by atoms with E-state index in [0.717, 1.165) is 10.2 Å². The molecule has 0 bridgehead atoms. The van der Waals surface area contributed by atoms with E-state index < -0.39 is 6.10 Å². The van der Waals surface area contributed by atoms with Crippen LogP contribution in [0.2, 0.25) is 0 Å². The minimum atomic E-state index is -0.512. The molecule has 2 unspecified atom stereocenters. The fourth-order valence-corrected chi connectivity index (χ4v) is 4.71. The summed E-state index contributed by atoms with van der Waals surface area (Å²) in [6.45, 7) is 1.80. The molecule has 1 saturated carbocycles. The van der Waals surface area contributed by atoms with Crippen molar-refractivity contribution in [2.45, 2.75) is 37.8 Å². The first-order valence-corrected chi connectivity index (χ1v) is 11.3. The van der Waals surface area contributed by atoms with Crippen molar-refractivity contribution < 1.29 is 14.6 Å². The lowest BCUT2D eigenvalue weighted by Gasteiger charge is -2.25. The van der Waals surface area contributed by atoms with Crippen LogP contribution >= 0.6 is 39.7 Å². The third-order valence-corrected chi connectivity index (χ3v) is 6.40. The topological polar surface area (TPSA) is 50.7 Å². The molecule has 0 aliphatic heterocycles. The average Bonchev–Trinajstić information content (AvgIpc) is 3.38. The van der Waals surface area contributed by atoms with Crippen molar-refractivity contribution in [1.82, 2.24) is 5.32 Å². The van der Waals surface area contributed by atoms with Gasteiger partial charge in [0.2, 0.25) is 0 Å². The molecule has 2 atom stereocenters. The van der Waals surface area contributed by atoms with Crippen LogP contribution in [0.15, 0.2) is 46.3 Å². The standard InChI is InChI=1S/C21H28BrNO3S.ClH/c22-17-7-9-19(10-8-17)26-12-11-25-15-18(24)14-23-21(16-4-1-2-5-16)20-6-3-13-27-20;/h3,6-10,13,16,18,21,23-24H,1-2,4-5,11-12,14-15H2;1H. The third-order valence-electron chi connectivity index (χ3n) is 4.91. The van der Waals surface area contributed by atoms with Crippen LogP contribution in [0, 0.1) is 5.92 Å². The lowest BCUT2D eigenvalue weighted by atomic mass is 9.96. The van der Waals surface area contributed by atoms with E-state index in [1.54, 1.807) is 11.3 Å². The van der Waals surface area contributed by atoms with Gasteiger partial charge in [0, 0.05) is 21.9 Å². The number of aliphatic hydroxyl groups is 1. The maximum Gasteiger partial charge on any atom is 0.119 e. The summed E-state index contributed by atoms with van der Waals surface area (Å²) in [4.78, 5) is 1.37. The van der Waals surface area contributed by atoms with Crippen LogP contribution in [0.3, 0.4) is 0 Å². The molecule has 1 aliphatic carbocycles. The van der Waals surface area contributed by atoms with Gasteiger partial charge in [0.1, 0.15) is 12.4 Å². The van der Waals surface area contributed by atoms with E-state index in [9.17, 15) is 5.11 Å². The molecule has 28 heavy (non-hydrogen) atoms. The Hall–Kier alpha value is -0.630. The van der Waals surface area contributed by atoms with E-state index in [1.807, 2.05) is 24.3 Å². The van der Waals surface area contributed by atoms with Crippen molar-refractivity contribution >= 4 is 39.7 Å². The minimum absolute atomic E-state index is 0. The van der Waals surface area contributed by atoms with Gasteiger partial charge in [-0.3, -0.25) is 0 Å². The largest absolute Gasteiger partial charge is 0.491 e. The first kappa shape index (κ1) is 23.6. The van der Waals surface area contributed by atoms with Gasteiger partial charge in [0.25, 0.3) is 0 Å². The van der Waals surface area contributed by atoms with Crippen molar-refractivity contribution in [2.24, 2.45) is 5.92 Å². The van der Waals surface area contributed by atoms with Crippen molar-refractivity contribution in [3.05, 3.63) is 51.1 Å². The summed E-state index contributed by atoms with van der Waals surface area (Å²) >= 11 is 5.20. The van der Waals surface area contributed by atoms with Gasteiger partial charge in [0.05, 0.1) is 19.3 Å². The molecule has 1 aliphatic rings. The number of ether oxygens (including phenoxy) is 2. The highest BCUT2D eigenvalue weighted by Gasteiger charge is 2.27. The summed E-state index contributed by atoms with van der Waals surface area (Å²) in [6.07, 6.45) is 4.67. The Bertz CT molecular complexity index is 650. The molecule has 7 heteroatoms. The average molecular weight is 491 g/mol. The van der Waals surface area contributed by atoms with Crippen LogP contribution in [0.25, 0.3) is 0 Å². The number of rotatable bonds is 11. The van der Waals surface area contributed by atoms with Crippen LogP contribution in [-0.2, 0) is 4.74 Å². The molecule has 156 valence electrons. The number of thiophene rings is 1. The Morgan fingerprint density at radius 1 is 1.14 bits per heavy atom. The smallest absolute Gasteiger partial charge is 0.119 e. The number of aliphatic hydroxyl groups excluding tert-OH is 1. The highest BCUT2D eigenvalue weighted by atomic mass is 79.9. The number of nitrogens with one attached hydrogen (secondary N) is 1. The molecular formula is C21H29BrClNO3S. The highest BCUT2D eigenvalue weighted by molar-refractivity contribution is 9.10. The van der Waals surface area contributed by atoms with Crippen LogP contribution < -0.4 is 10.1 Å². The molecule has 0 saturated heterocycles. The molecule has 1 fully saturated rings. The molecule has 2 N–H and O–H groups in total. The van der Waals surface area contributed by atoms with Crippen molar-refractivity contribution in [2.75, 3.05) is 26.4 Å². The normalized spacial score (nSPS) is 16.5. The van der Waals surface area contributed by atoms with E-state index in [4.69, 9.17) is 9.47 Å². The first-order valence-electron chi connectivity index (χ1n) is 9.63. The Morgan fingerprint density at radius 2 is 1.89 bits per heavy atom. The van der Waals surface area contributed by atoms with Crippen LogP contribution in [0.1, 0.15) is 36.6 Å². The molecule has 0 radical (unpaired) electrons. The molecule has 0 amide bonds. The monoisotopic (exact) mass is 489 g/mol. The summed E-state index contributed by atoms with van der Waals surface area (Å²) in [5.74, 6) is 1.50. The fourth-order valence-electron chi connectivity index (χ4n) is 3.55. The Morgan fingerprint density at radius 3 is 2.57 bits per heavy atom. The van der Waals surface area contributed by atoms with Crippen LogP contribution in [0.4, 0.5) is 0 Å². The summed E-state index contributed by atoms with van der Waals surface area (Å²) in [5, 5.41) is 16.0. The van der Waals surface area contributed by atoms with E-state index in [0.29, 0.717) is 38.3 Å². The first-order chi connectivity index (χ1) is 13.2. The van der Waals surface area contributed by atoms with Gasteiger partial charge in [0.15, 0.2) is 0 Å². The second-order valence-electron chi connectivity index (χ2n) is 6.98. The van der Waals surface area contributed by atoms with Gasteiger partial charge < -0.3 is 19.9 Å². The molecular weight excluding hydrogens is 462 g/mol. The van der Waals surface area contributed by atoms with E-state index in [-0.39, 0.29) is 12.4 Å². The molecule has 2 aromatic rings. The van der Waals surface area contributed by atoms with E-state index in [1.165, 1.54) is 30.6 Å². The number of hydrogen-bond donors (Lipinski definition) is 2. The predicted molar refractivity (Wildman–Crippen MR) is 121 cm³/mol. The quantitative estimate of drug-likeness (QED) is 0.425. The van der Waals surface area contributed by atoms with Gasteiger partial charge in [-0.15, -0.1) is 23.7 Å². The van der Waals surface area contributed by atoms with Gasteiger partial charge >= 0.3 is 0 Å². The lowest BCUT2D eigenvalue weighted by molar-refractivity contribution is 0.0231. The SMILES string of the molecule is Cl.OC(CNC(c1cccs1)C1CCCC1)COCCOc1ccc(Br)cc1. The van der Waals surface area contributed by atoms with Crippen LogP contribution in [0.5, 0.6) is 5.75 Å². The van der Waals surface area contributed by atoms with Gasteiger partial charge in [-0.25, -0.2) is 0 Å². The number of halogens is 2. The summed E-state index contributed by atoms with van der Waals surface area (Å²) < 4.78 is 12.2. The zero-order valence-corrected chi connectivity index (χ0v) is 19.1. The number of benzene rings is 1. The van der Waals surface area contributed by atoms with Gasteiger partial charge in [-0.1, -0.05) is 34.8 Å². The molecule has 1 heterocycles. The van der Waals surface area contributed by atoms with Crippen LogP contribution in [-0.4, -0.2) is 37.6 Å². The Balaban J connectivity index is 0.00000280. The maximum absolute atomic E-state index is 10.3. The summed E-state index contributed by atoms with van der Waals surface area (Å²) in [6, 6.07) is 12.4. The Kier molecular flexibility index (Phi) is 10.8. The molecule has 1 aromatic heterocycles. The highest BCUT2D eigenvalue weighted by Crippen LogP contribution is 2.37. The third kappa shape index (κ3) is 7.65. The Labute approximate surface area is 186 Å². The zero-order chi connectivity index (χ0) is 18.9. The van der Waals surface area contributed by atoms with E-state index >= 15 is 0 Å². The fraction of sp³-hybridized carbons (Fsp3) is 0.524. The summed E-state index contributed by atoms with van der Waals surface area (Å²) in [7, 11) is 0. The zero-order valence-electron chi connectivity index (χ0n) is 15.9. The van der Waals surface area contributed by atoms with E-state index in [2.05, 4.69) is 38.8 Å². The summed E-state index contributed by atoms with van der Waals surface area (Å²) in [5.41, 5.74) is 0. The van der Waals surface area contributed by atoms with Gasteiger partial charge in [-0.2, -0.15) is 0 Å². The molecule has 1 aromatic carbocycles. The molecule has 4 nitrogen and oxygen atoms in total. The van der Waals surface area contributed by atoms with Crippen molar-refractivity contribution in [3.8, 4) is 5.75 Å². The van der Waals surface area contributed by atoms with Gasteiger partial charge in [-0.05, 0) is 54.5 Å². The minimum Gasteiger partial charge on any atom is -0.491 e. The second kappa shape index (κ2) is 12.8. The second-order valence-corrected chi connectivity index (χ2v) is 8.87. The predicted octanol–water partition coefficient (Wildman–Crippen LogP) is 5.21. The molecule has 3 rings (SSSR count). The van der Waals surface area contributed by atoms with Crippen molar-refractivity contribution in [1.29, 1.82) is 0 Å². The number of hydrogen-bond acceptors (Lipinski definition) is 5. The van der Waals surface area contributed by atoms with Crippen molar-refractivity contribution in [3.63, 3.8) is 0 Å².